The molecule has 1 unspecified atom stereocenters. The standard InChI is InChI=1S/C3H5NO2S/c5-3-1-2-7(6)4-3/h1-2H2,(H,4,5). The van der Waals surface area contributed by atoms with Crippen molar-refractivity contribution in [3.8, 4) is 0 Å². The Bertz CT molecular complexity index is 94.9. The maximum Gasteiger partial charge on any atom is 0.265 e. The molecular weight excluding hydrogens is 114 g/mol. The van der Waals surface area contributed by atoms with Gasteiger partial charge in [0.05, 0.1) is 17.8 Å². The topological polar surface area (TPSA) is 52.2 Å². The third-order valence-corrected chi connectivity index (χ3v) is 1.77. The zero-order chi connectivity index (χ0) is 5.28. The van der Waals surface area contributed by atoms with Crippen molar-refractivity contribution >= 4 is 17.3 Å². The number of hydrogen-bond donors (Lipinski definition) is 1. The summed E-state index contributed by atoms with van der Waals surface area (Å²) >= 11 is -1.05. The van der Waals surface area contributed by atoms with Crippen LogP contribution in [0.1, 0.15) is 6.42 Å². The quantitative estimate of drug-likeness (QED) is 0.423. The normalized spacial score (nSPS) is 30.4. The van der Waals surface area contributed by atoms with E-state index < -0.39 is 11.4 Å². The zero-order valence-electron chi connectivity index (χ0n) is 3.64. The van der Waals surface area contributed by atoms with Crippen molar-refractivity contribution in [2.75, 3.05) is 5.75 Å². The summed E-state index contributed by atoms with van der Waals surface area (Å²) in [7, 11) is 0. The number of carbonyl (C=O) groups excluding carboxylic acids is 1. The van der Waals surface area contributed by atoms with Gasteiger partial charge in [-0.2, -0.15) is 4.72 Å². The van der Waals surface area contributed by atoms with Gasteiger partial charge in [-0.25, -0.2) is 0 Å². The average Bonchev–Trinajstić information content (AvgIpc) is 1.87. The molecule has 0 aromatic carbocycles. The van der Waals surface area contributed by atoms with Gasteiger partial charge >= 0.3 is 0 Å². The van der Waals surface area contributed by atoms with Gasteiger partial charge in [0.25, 0.3) is 5.91 Å². The Labute approximate surface area is 44.4 Å². The largest absolute Gasteiger partial charge is 0.593 e. The number of nitrogens with one attached hydrogen (secondary N) is 1. The molecule has 1 fully saturated rings. The molecule has 1 heterocycles. The van der Waals surface area contributed by atoms with E-state index in [0.29, 0.717) is 12.2 Å². The fourth-order valence-corrected chi connectivity index (χ4v) is 1.24. The Morgan fingerprint density at radius 1 is 1.86 bits per heavy atom. The van der Waals surface area contributed by atoms with Gasteiger partial charge in [0.15, 0.2) is 0 Å². The fourth-order valence-electron chi connectivity index (χ4n) is 0.414. The molecule has 0 saturated carbocycles. The summed E-state index contributed by atoms with van der Waals surface area (Å²) in [6.07, 6.45) is 0.423. The molecule has 0 bridgehead atoms. The first-order valence-electron chi connectivity index (χ1n) is 1.97. The fraction of sp³-hybridized carbons (Fsp3) is 0.667. The van der Waals surface area contributed by atoms with Crippen molar-refractivity contribution in [1.29, 1.82) is 0 Å². The molecule has 1 aliphatic heterocycles. The molecule has 1 rings (SSSR count). The van der Waals surface area contributed by atoms with Crippen LogP contribution in [0.4, 0.5) is 0 Å². The van der Waals surface area contributed by atoms with Crippen molar-refractivity contribution in [3.05, 3.63) is 0 Å². The van der Waals surface area contributed by atoms with Crippen LogP contribution in [0.15, 0.2) is 0 Å². The Morgan fingerprint density at radius 3 is 2.71 bits per heavy atom. The van der Waals surface area contributed by atoms with E-state index in [1.54, 1.807) is 0 Å². The van der Waals surface area contributed by atoms with E-state index in [-0.39, 0.29) is 5.91 Å². The summed E-state index contributed by atoms with van der Waals surface area (Å²) in [4.78, 5) is 10.1. The van der Waals surface area contributed by atoms with E-state index in [9.17, 15) is 9.35 Å². The molecule has 0 aliphatic carbocycles. The van der Waals surface area contributed by atoms with Crippen LogP contribution in [-0.4, -0.2) is 16.2 Å². The lowest BCUT2D eigenvalue weighted by atomic mass is 10.5. The van der Waals surface area contributed by atoms with Crippen molar-refractivity contribution < 1.29 is 9.35 Å². The smallest absolute Gasteiger partial charge is 0.265 e. The summed E-state index contributed by atoms with van der Waals surface area (Å²) < 4.78 is 12.5. The highest BCUT2D eigenvalue weighted by atomic mass is 32.2. The minimum atomic E-state index is -1.05. The van der Waals surface area contributed by atoms with Crippen LogP contribution < -0.4 is 4.72 Å². The van der Waals surface area contributed by atoms with E-state index in [0.717, 1.165) is 0 Å². The SMILES string of the molecule is O=C1CC[S+]([O-])N1. The maximum absolute atomic E-state index is 10.2. The van der Waals surface area contributed by atoms with Crippen LogP contribution in [0.25, 0.3) is 0 Å². The molecule has 1 saturated heterocycles. The minimum absolute atomic E-state index is 0.0988. The third-order valence-electron chi connectivity index (χ3n) is 0.742. The Kier molecular flexibility index (Phi) is 1.21. The second-order valence-electron chi connectivity index (χ2n) is 1.32. The van der Waals surface area contributed by atoms with Crippen molar-refractivity contribution in [3.63, 3.8) is 0 Å². The molecule has 0 aromatic heterocycles. The van der Waals surface area contributed by atoms with Crippen LogP contribution in [0.2, 0.25) is 0 Å². The molecule has 40 valence electrons. The van der Waals surface area contributed by atoms with Gasteiger partial charge in [0, 0.05) is 0 Å². The number of rotatable bonds is 0. The van der Waals surface area contributed by atoms with Crippen LogP contribution in [0, 0.1) is 0 Å². The van der Waals surface area contributed by atoms with Crippen LogP contribution in [-0.2, 0) is 16.2 Å². The lowest BCUT2D eigenvalue weighted by molar-refractivity contribution is -0.118. The number of carbonyl (C=O) groups is 1. The van der Waals surface area contributed by atoms with Crippen molar-refractivity contribution in [1.82, 2.24) is 4.72 Å². The highest BCUT2D eigenvalue weighted by molar-refractivity contribution is 7.90. The first-order valence-corrected chi connectivity index (χ1v) is 3.29. The summed E-state index contributed by atoms with van der Waals surface area (Å²) in [6.45, 7) is 0. The molecule has 1 aliphatic rings. The van der Waals surface area contributed by atoms with Crippen LogP contribution >= 0.6 is 0 Å². The van der Waals surface area contributed by atoms with Crippen LogP contribution in [0.5, 0.6) is 0 Å². The van der Waals surface area contributed by atoms with Gasteiger partial charge in [0.1, 0.15) is 5.75 Å². The van der Waals surface area contributed by atoms with Crippen molar-refractivity contribution in [2.24, 2.45) is 0 Å². The van der Waals surface area contributed by atoms with E-state index in [4.69, 9.17) is 0 Å². The molecule has 0 spiro atoms. The van der Waals surface area contributed by atoms with E-state index in [2.05, 4.69) is 4.72 Å². The molecular formula is C3H5NO2S. The molecule has 4 heteroatoms. The van der Waals surface area contributed by atoms with E-state index in [1.807, 2.05) is 0 Å². The predicted octanol–water partition coefficient (Wildman–Crippen LogP) is -0.830. The second-order valence-corrected chi connectivity index (χ2v) is 2.63. The summed E-state index contributed by atoms with van der Waals surface area (Å²) in [5, 5.41) is 0. The second kappa shape index (κ2) is 1.71. The molecule has 1 amide bonds. The van der Waals surface area contributed by atoms with Gasteiger partial charge in [-0.1, -0.05) is 0 Å². The highest BCUT2D eigenvalue weighted by Crippen LogP contribution is 1.97. The lowest BCUT2D eigenvalue weighted by Crippen LogP contribution is -2.20. The molecule has 1 N–H and O–H groups in total. The summed E-state index contributed by atoms with van der Waals surface area (Å²) in [5.41, 5.74) is 0. The Hall–Kier alpha value is -0.220. The van der Waals surface area contributed by atoms with Gasteiger partial charge in [0.2, 0.25) is 0 Å². The van der Waals surface area contributed by atoms with Gasteiger partial charge in [-0.3, -0.25) is 4.79 Å². The number of amides is 1. The Morgan fingerprint density at radius 2 is 2.57 bits per heavy atom. The van der Waals surface area contributed by atoms with Crippen molar-refractivity contribution in [2.45, 2.75) is 6.42 Å². The molecule has 7 heavy (non-hydrogen) atoms. The van der Waals surface area contributed by atoms with E-state index in [1.165, 1.54) is 0 Å². The summed E-state index contributed by atoms with van der Waals surface area (Å²) in [5.74, 6) is 0.386. The first kappa shape index (κ1) is 4.93. The van der Waals surface area contributed by atoms with Gasteiger partial charge < -0.3 is 4.55 Å². The Balaban J connectivity index is 2.40. The zero-order valence-corrected chi connectivity index (χ0v) is 4.46. The molecule has 1 atom stereocenters. The predicted molar refractivity (Wildman–Crippen MR) is 25.8 cm³/mol. The molecule has 0 aromatic rings. The number of hydrogen-bond acceptors (Lipinski definition) is 2. The third kappa shape index (κ3) is 1.07. The molecule has 0 radical (unpaired) electrons. The van der Waals surface area contributed by atoms with E-state index >= 15 is 0 Å². The van der Waals surface area contributed by atoms with Crippen LogP contribution in [0.3, 0.4) is 0 Å². The van der Waals surface area contributed by atoms with Gasteiger partial charge in [-0.15, -0.1) is 0 Å². The lowest BCUT2D eigenvalue weighted by Gasteiger charge is -1.95. The van der Waals surface area contributed by atoms with Gasteiger partial charge in [-0.05, 0) is 0 Å². The molecule has 3 nitrogen and oxygen atoms in total. The summed E-state index contributed by atoms with van der Waals surface area (Å²) in [6, 6.07) is 0. The average molecular weight is 119 g/mol. The monoisotopic (exact) mass is 119 g/mol. The minimum Gasteiger partial charge on any atom is -0.593 e. The first-order chi connectivity index (χ1) is 3.29. The maximum atomic E-state index is 10.2. The highest BCUT2D eigenvalue weighted by Gasteiger charge is 2.21.